The lowest BCUT2D eigenvalue weighted by atomic mass is 10.1. The first kappa shape index (κ1) is 17.0. The fraction of sp³-hybridized carbons (Fsp3) is 0.136. The fourth-order valence-electron chi connectivity index (χ4n) is 3.05. The van der Waals surface area contributed by atoms with E-state index in [2.05, 4.69) is 27.5 Å². The van der Waals surface area contributed by atoms with Crippen LogP contribution in [0.3, 0.4) is 0 Å². The standard InChI is InChI=1S/C22H20N4O/c1-16-14-20(22(27)23-13-12-17-8-4-2-5-9-17)24-21-15-19(25-26(16)21)18-10-6-3-7-11-18/h2-11,14-15H,12-13H2,1H3,(H,23,27). The molecule has 0 fully saturated rings. The van der Waals surface area contributed by atoms with Gasteiger partial charge in [-0.1, -0.05) is 60.7 Å². The molecule has 0 aliphatic rings. The highest BCUT2D eigenvalue weighted by molar-refractivity contribution is 5.93. The van der Waals surface area contributed by atoms with Crippen molar-refractivity contribution in [2.45, 2.75) is 13.3 Å². The zero-order chi connectivity index (χ0) is 18.6. The number of nitrogens with zero attached hydrogens (tertiary/aromatic N) is 3. The Morgan fingerprint density at radius 1 is 1.00 bits per heavy atom. The van der Waals surface area contributed by atoms with Gasteiger partial charge in [-0.2, -0.15) is 5.10 Å². The van der Waals surface area contributed by atoms with Gasteiger partial charge < -0.3 is 5.32 Å². The lowest BCUT2D eigenvalue weighted by Gasteiger charge is -2.06. The van der Waals surface area contributed by atoms with Crippen LogP contribution < -0.4 is 5.32 Å². The van der Waals surface area contributed by atoms with Gasteiger partial charge in [-0.25, -0.2) is 9.50 Å². The molecule has 2 aromatic carbocycles. The van der Waals surface area contributed by atoms with Crippen molar-refractivity contribution in [1.82, 2.24) is 19.9 Å². The van der Waals surface area contributed by atoms with Gasteiger partial charge in [0.1, 0.15) is 5.69 Å². The first-order valence-electron chi connectivity index (χ1n) is 8.96. The number of carbonyl (C=O) groups is 1. The number of aryl methyl sites for hydroxylation is 1. The maximum atomic E-state index is 12.5. The molecule has 4 rings (SSSR count). The Morgan fingerprint density at radius 2 is 1.70 bits per heavy atom. The molecule has 5 heteroatoms. The molecular weight excluding hydrogens is 336 g/mol. The number of hydrogen-bond donors (Lipinski definition) is 1. The maximum Gasteiger partial charge on any atom is 0.270 e. The van der Waals surface area contributed by atoms with Crippen molar-refractivity contribution in [2.24, 2.45) is 0 Å². The average molecular weight is 356 g/mol. The lowest BCUT2D eigenvalue weighted by Crippen LogP contribution is -2.27. The predicted octanol–water partition coefficient (Wildman–Crippen LogP) is 3.68. The van der Waals surface area contributed by atoms with Gasteiger partial charge in [0, 0.05) is 23.9 Å². The normalized spacial score (nSPS) is 10.9. The van der Waals surface area contributed by atoms with E-state index in [1.165, 1.54) is 5.56 Å². The smallest absolute Gasteiger partial charge is 0.270 e. The summed E-state index contributed by atoms with van der Waals surface area (Å²) in [6.45, 7) is 2.50. The molecule has 1 N–H and O–H groups in total. The minimum Gasteiger partial charge on any atom is -0.350 e. The van der Waals surface area contributed by atoms with E-state index in [1.54, 1.807) is 10.6 Å². The van der Waals surface area contributed by atoms with Crippen LogP contribution >= 0.6 is 0 Å². The summed E-state index contributed by atoms with van der Waals surface area (Å²) in [5, 5.41) is 7.55. The zero-order valence-corrected chi connectivity index (χ0v) is 15.1. The van der Waals surface area contributed by atoms with Gasteiger partial charge >= 0.3 is 0 Å². The van der Waals surface area contributed by atoms with Gasteiger partial charge in [-0.3, -0.25) is 4.79 Å². The van der Waals surface area contributed by atoms with Gasteiger partial charge in [0.25, 0.3) is 5.91 Å². The van der Waals surface area contributed by atoms with Crippen LogP contribution in [-0.4, -0.2) is 27.0 Å². The van der Waals surface area contributed by atoms with Gasteiger partial charge in [0.05, 0.1) is 5.69 Å². The van der Waals surface area contributed by atoms with Crippen LogP contribution in [0.5, 0.6) is 0 Å². The molecule has 0 spiro atoms. The van der Waals surface area contributed by atoms with Crippen LogP contribution in [0.2, 0.25) is 0 Å². The summed E-state index contributed by atoms with van der Waals surface area (Å²) in [5.41, 5.74) is 5.01. The first-order valence-corrected chi connectivity index (χ1v) is 8.96. The van der Waals surface area contributed by atoms with E-state index >= 15 is 0 Å². The number of hydrogen-bond acceptors (Lipinski definition) is 3. The van der Waals surface area contributed by atoms with E-state index < -0.39 is 0 Å². The molecule has 0 radical (unpaired) electrons. The molecule has 2 heterocycles. The molecule has 0 unspecified atom stereocenters. The second-order valence-electron chi connectivity index (χ2n) is 6.44. The third-order valence-electron chi connectivity index (χ3n) is 4.45. The van der Waals surface area contributed by atoms with E-state index in [1.807, 2.05) is 61.5 Å². The highest BCUT2D eigenvalue weighted by Gasteiger charge is 2.13. The van der Waals surface area contributed by atoms with Gasteiger partial charge in [0.2, 0.25) is 0 Å². The fourth-order valence-corrected chi connectivity index (χ4v) is 3.05. The molecule has 5 nitrogen and oxygen atoms in total. The number of nitrogens with one attached hydrogen (secondary N) is 1. The first-order chi connectivity index (χ1) is 13.2. The van der Waals surface area contributed by atoms with E-state index in [0.717, 1.165) is 23.4 Å². The van der Waals surface area contributed by atoms with Crippen molar-refractivity contribution >= 4 is 11.6 Å². The second kappa shape index (κ2) is 7.41. The molecule has 4 aromatic rings. The van der Waals surface area contributed by atoms with E-state index in [-0.39, 0.29) is 5.91 Å². The van der Waals surface area contributed by atoms with Gasteiger partial charge in [-0.15, -0.1) is 0 Å². The molecule has 0 atom stereocenters. The van der Waals surface area contributed by atoms with Crippen LogP contribution in [-0.2, 0) is 6.42 Å². The Balaban J connectivity index is 1.52. The lowest BCUT2D eigenvalue weighted by molar-refractivity contribution is 0.0949. The SMILES string of the molecule is Cc1cc(C(=O)NCCc2ccccc2)nc2cc(-c3ccccc3)nn12. The van der Waals surface area contributed by atoms with Crippen LogP contribution in [0.1, 0.15) is 21.7 Å². The maximum absolute atomic E-state index is 12.5. The van der Waals surface area contributed by atoms with Crippen molar-refractivity contribution < 1.29 is 4.79 Å². The van der Waals surface area contributed by atoms with Crippen LogP contribution in [0, 0.1) is 6.92 Å². The number of rotatable bonds is 5. The molecular formula is C22H20N4O. The van der Waals surface area contributed by atoms with Crippen molar-refractivity contribution in [3.8, 4) is 11.3 Å². The molecule has 0 saturated heterocycles. The summed E-state index contributed by atoms with van der Waals surface area (Å²) in [5.74, 6) is -0.168. The summed E-state index contributed by atoms with van der Waals surface area (Å²) in [4.78, 5) is 17.0. The van der Waals surface area contributed by atoms with E-state index in [4.69, 9.17) is 0 Å². The van der Waals surface area contributed by atoms with Crippen LogP contribution in [0.25, 0.3) is 16.9 Å². The van der Waals surface area contributed by atoms with Crippen molar-refractivity contribution in [2.75, 3.05) is 6.54 Å². The zero-order valence-electron chi connectivity index (χ0n) is 15.1. The Kier molecular flexibility index (Phi) is 4.66. The topological polar surface area (TPSA) is 59.3 Å². The monoisotopic (exact) mass is 356 g/mol. The van der Waals surface area contributed by atoms with Crippen molar-refractivity contribution in [1.29, 1.82) is 0 Å². The molecule has 27 heavy (non-hydrogen) atoms. The highest BCUT2D eigenvalue weighted by atomic mass is 16.1. The van der Waals surface area contributed by atoms with Crippen LogP contribution in [0.15, 0.2) is 72.8 Å². The predicted molar refractivity (Wildman–Crippen MR) is 106 cm³/mol. The van der Waals surface area contributed by atoms with Crippen molar-refractivity contribution in [3.63, 3.8) is 0 Å². The molecule has 134 valence electrons. The Labute approximate surface area is 157 Å². The van der Waals surface area contributed by atoms with Crippen molar-refractivity contribution in [3.05, 3.63) is 89.7 Å². The van der Waals surface area contributed by atoms with Gasteiger partial charge in [-0.05, 0) is 25.0 Å². The molecule has 0 bridgehead atoms. The number of carbonyl (C=O) groups excluding carboxylic acids is 1. The van der Waals surface area contributed by atoms with Crippen LogP contribution in [0.4, 0.5) is 0 Å². The summed E-state index contributed by atoms with van der Waals surface area (Å²) < 4.78 is 1.77. The Hall–Kier alpha value is -3.47. The summed E-state index contributed by atoms with van der Waals surface area (Å²) in [6.07, 6.45) is 0.790. The second-order valence-corrected chi connectivity index (χ2v) is 6.44. The number of benzene rings is 2. The summed E-state index contributed by atoms with van der Waals surface area (Å²) in [7, 11) is 0. The summed E-state index contributed by atoms with van der Waals surface area (Å²) >= 11 is 0. The largest absolute Gasteiger partial charge is 0.350 e. The quantitative estimate of drug-likeness (QED) is 0.593. The average Bonchev–Trinajstić information content (AvgIpc) is 3.14. The molecule has 0 aliphatic heterocycles. The van der Waals surface area contributed by atoms with Gasteiger partial charge in [0.15, 0.2) is 5.65 Å². The number of aromatic nitrogens is 3. The van der Waals surface area contributed by atoms with E-state index in [9.17, 15) is 4.79 Å². The number of fused-ring (bicyclic) bond motifs is 1. The summed E-state index contributed by atoms with van der Waals surface area (Å²) in [6, 6.07) is 23.7. The minimum atomic E-state index is -0.168. The molecule has 2 aromatic heterocycles. The minimum absolute atomic E-state index is 0.168. The highest BCUT2D eigenvalue weighted by Crippen LogP contribution is 2.19. The third-order valence-corrected chi connectivity index (χ3v) is 4.45. The number of amides is 1. The molecule has 1 amide bonds. The molecule has 0 aliphatic carbocycles. The Morgan fingerprint density at radius 3 is 2.44 bits per heavy atom. The molecule has 0 saturated carbocycles. The third kappa shape index (κ3) is 3.72. The van der Waals surface area contributed by atoms with E-state index in [0.29, 0.717) is 17.9 Å². The Bertz CT molecular complexity index is 1070.